The fourth-order valence-electron chi connectivity index (χ4n) is 4.03. The number of benzene rings is 1. The molecule has 1 aliphatic heterocycles. The van der Waals surface area contributed by atoms with E-state index in [2.05, 4.69) is 4.98 Å². The monoisotopic (exact) mass is 428 g/mol. The maximum absolute atomic E-state index is 12.7. The Balaban J connectivity index is 1.55. The summed E-state index contributed by atoms with van der Waals surface area (Å²) in [5, 5.41) is 0. The van der Waals surface area contributed by atoms with Crippen LogP contribution >= 0.6 is 0 Å². The average molecular weight is 429 g/mol. The number of hydrogen-bond acceptors (Lipinski definition) is 5. The molecule has 2 heterocycles. The van der Waals surface area contributed by atoms with Crippen LogP contribution in [0.1, 0.15) is 24.2 Å². The van der Waals surface area contributed by atoms with E-state index in [1.807, 2.05) is 51.8 Å². The van der Waals surface area contributed by atoms with E-state index in [9.17, 15) is 9.59 Å². The van der Waals surface area contributed by atoms with Crippen molar-refractivity contribution in [1.29, 1.82) is 0 Å². The molecule has 2 amide bonds. The zero-order valence-electron chi connectivity index (χ0n) is 18.6. The largest absolute Gasteiger partial charge is 0.497 e. The van der Waals surface area contributed by atoms with Crippen LogP contribution in [0, 0.1) is 6.92 Å². The number of carbonyl (C=O) groups is 2. The van der Waals surface area contributed by atoms with Crippen LogP contribution in [0.25, 0.3) is 0 Å². The Morgan fingerprint density at radius 2 is 1.87 bits per heavy atom. The van der Waals surface area contributed by atoms with Gasteiger partial charge in [0.05, 0.1) is 13.5 Å². The first-order chi connectivity index (χ1) is 15.0. The van der Waals surface area contributed by atoms with E-state index in [0.29, 0.717) is 32.6 Å². The molecule has 0 radical (unpaired) electrons. The second kappa shape index (κ2) is 10.9. The zero-order valence-corrected chi connectivity index (χ0v) is 18.6. The van der Waals surface area contributed by atoms with Gasteiger partial charge in [0.15, 0.2) is 0 Å². The second-order valence-corrected chi connectivity index (χ2v) is 7.82. The molecule has 0 N–H and O–H groups in total. The van der Waals surface area contributed by atoms with Crippen LogP contribution in [-0.2, 0) is 27.3 Å². The van der Waals surface area contributed by atoms with E-state index in [0.717, 1.165) is 30.0 Å². The highest BCUT2D eigenvalue weighted by molar-refractivity contribution is 5.79. The normalized spacial score (nSPS) is 14.5. The Morgan fingerprint density at radius 1 is 1.16 bits per heavy atom. The van der Waals surface area contributed by atoms with Crippen LogP contribution in [0.3, 0.4) is 0 Å². The lowest BCUT2D eigenvalue weighted by Gasteiger charge is -2.38. The van der Waals surface area contributed by atoms with Gasteiger partial charge in [0.2, 0.25) is 11.8 Å². The molecule has 2 aromatic rings. The van der Waals surface area contributed by atoms with Crippen LogP contribution in [0.4, 0.5) is 0 Å². The number of amides is 2. The van der Waals surface area contributed by atoms with Crippen molar-refractivity contribution in [3.05, 3.63) is 48.0 Å². The maximum atomic E-state index is 12.7. The van der Waals surface area contributed by atoms with Crippen molar-refractivity contribution in [1.82, 2.24) is 19.4 Å². The minimum atomic E-state index is -0.0109. The fourth-order valence-corrected chi connectivity index (χ4v) is 4.03. The summed E-state index contributed by atoms with van der Waals surface area (Å²) in [7, 11) is 3.16. The number of ether oxygens (including phenoxy) is 2. The first kappa shape index (κ1) is 22.8. The predicted molar refractivity (Wildman–Crippen MR) is 117 cm³/mol. The molecule has 0 saturated carbocycles. The summed E-state index contributed by atoms with van der Waals surface area (Å²) in [6.45, 7) is 4.62. The van der Waals surface area contributed by atoms with Crippen molar-refractivity contribution >= 4 is 11.8 Å². The van der Waals surface area contributed by atoms with Crippen molar-refractivity contribution in [2.45, 2.75) is 38.8 Å². The Bertz CT molecular complexity index is 857. The molecule has 0 spiro atoms. The molecule has 31 heavy (non-hydrogen) atoms. The third kappa shape index (κ3) is 6.07. The first-order valence-electron chi connectivity index (χ1n) is 10.7. The van der Waals surface area contributed by atoms with E-state index in [-0.39, 0.29) is 24.5 Å². The number of aryl methyl sites for hydroxylation is 1. The fraction of sp³-hybridized carbons (Fsp3) is 0.522. The molecule has 1 aromatic carbocycles. The number of likely N-dealkylation sites (tertiary alicyclic amines) is 1. The summed E-state index contributed by atoms with van der Waals surface area (Å²) in [6.07, 6.45) is 5.61. The Kier molecular flexibility index (Phi) is 8.06. The number of aromatic nitrogens is 2. The van der Waals surface area contributed by atoms with E-state index in [1.54, 1.807) is 13.3 Å². The number of carbonyl (C=O) groups excluding carboxylic acids is 2. The highest BCUT2D eigenvalue weighted by Gasteiger charge is 2.29. The van der Waals surface area contributed by atoms with Gasteiger partial charge in [0.1, 0.15) is 18.2 Å². The molecule has 168 valence electrons. The summed E-state index contributed by atoms with van der Waals surface area (Å²) >= 11 is 0. The van der Waals surface area contributed by atoms with Gasteiger partial charge in [0, 0.05) is 51.7 Å². The summed E-state index contributed by atoms with van der Waals surface area (Å²) < 4.78 is 12.3. The number of methoxy groups -OCH3 is 2. The van der Waals surface area contributed by atoms with E-state index < -0.39 is 0 Å². The van der Waals surface area contributed by atoms with Gasteiger partial charge in [-0.05, 0) is 37.5 Å². The van der Waals surface area contributed by atoms with Crippen LogP contribution in [0.2, 0.25) is 0 Å². The topological polar surface area (TPSA) is 76.9 Å². The summed E-state index contributed by atoms with van der Waals surface area (Å²) in [5.74, 6) is 1.82. The van der Waals surface area contributed by atoms with Crippen molar-refractivity contribution in [3.63, 3.8) is 0 Å². The second-order valence-electron chi connectivity index (χ2n) is 7.82. The van der Waals surface area contributed by atoms with E-state index in [1.165, 1.54) is 7.11 Å². The van der Waals surface area contributed by atoms with Gasteiger partial charge in [-0.2, -0.15) is 0 Å². The highest BCUT2D eigenvalue weighted by atomic mass is 16.5. The van der Waals surface area contributed by atoms with Gasteiger partial charge in [-0.25, -0.2) is 4.98 Å². The van der Waals surface area contributed by atoms with Crippen molar-refractivity contribution in [2.24, 2.45) is 0 Å². The molecule has 1 saturated heterocycles. The maximum Gasteiger partial charge on any atom is 0.248 e. The zero-order chi connectivity index (χ0) is 22.2. The van der Waals surface area contributed by atoms with E-state index in [4.69, 9.17) is 9.47 Å². The molecule has 0 aliphatic carbocycles. The van der Waals surface area contributed by atoms with Gasteiger partial charge >= 0.3 is 0 Å². The van der Waals surface area contributed by atoms with Crippen LogP contribution < -0.4 is 4.74 Å². The van der Waals surface area contributed by atoms with Gasteiger partial charge in [-0.15, -0.1) is 0 Å². The number of rotatable bonds is 9. The number of imidazole rings is 1. The minimum Gasteiger partial charge on any atom is -0.497 e. The van der Waals surface area contributed by atoms with E-state index >= 15 is 0 Å². The van der Waals surface area contributed by atoms with Gasteiger partial charge in [-0.1, -0.05) is 12.1 Å². The Hall–Kier alpha value is -2.87. The molecular weight excluding hydrogens is 396 g/mol. The molecule has 1 fully saturated rings. The molecule has 0 unspecified atom stereocenters. The smallest absolute Gasteiger partial charge is 0.248 e. The third-order valence-corrected chi connectivity index (χ3v) is 5.87. The van der Waals surface area contributed by atoms with Gasteiger partial charge in [0.25, 0.3) is 0 Å². The third-order valence-electron chi connectivity index (χ3n) is 5.87. The Morgan fingerprint density at radius 3 is 2.45 bits per heavy atom. The van der Waals surface area contributed by atoms with Gasteiger partial charge in [-0.3, -0.25) is 9.59 Å². The molecular formula is C23H32N4O4. The summed E-state index contributed by atoms with van der Waals surface area (Å²) in [5.41, 5.74) is 0.973. The molecule has 1 aromatic heterocycles. The van der Waals surface area contributed by atoms with Crippen molar-refractivity contribution in [3.8, 4) is 5.75 Å². The molecule has 0 bridgehead atoms. The number of hydrogen-bond donors (Lipinski definition) is 0. The summed E-state index contributed by atoms with van der Waals surface area (Å²) in [6, 6.07) is 7.70. The SMILES string of the molecule is COCC(=O)N(CCn1ccnc1C)C1CCN(C(=O)Cc2ccc(OC)cc2)CC1. The average Bonchev–Trinajstić information content (AvgIpc) is 3.19. The standard InChI is InChI=1S/C23H32N4O4/c1-18-24-10-13-25(18)14-15-27(23(29)17-30-2)20-8-11-26(12-9-20)22(28)16-19-4-6-21(31-3)7-5-19/h4-7,10,13,20H,8-9,11-12,14-17H2,1-3H3. The van der Waals surface area contributed by atoms with Gasteiger partial charge < -0.3 is 23.8 Å². The van der Waals surface area contributed by atoms with Crippen LogP contribution in [0.5, 0.6) is 5.75 Å². The molecule has 8 heteroatoms. The molecule has 3 rings (SSSR count). The molecule has 0 atom stereocenters. The predicted octanol–water partition coefficient (Wildman–Crippen LogP) is 1.91. The van der Waals surface area contributed by atoms with Crippen molar-refractivity contribution < 1.29 is 19.1 Å². The first-order valence-corrected chi connectivity index (χ1v) is 10.7. The quantitative estimate of drug-likeness (QED) is 0.610. The lowest BCUT2D eigenvalue weighted by molar-refractivity contribution is -0.139. The van der Waals surface area contributed by atoms with Crippen LogP contribution in [-0.4, -0.2) is 77.7 Å². The molecule has 1 aliphatic rings. The lowest BCUT2D eigenvalue weighted by Crippen LogP contribution is -2.50. The van der Waals surface area contributed by atoms with Crippen molar-refractivity contribution in [2.75, 3.05) is 40.5 Å². The highest BCUT2D eigenvalue weighted by Crippen LogP contribution is 2.19. The van der Waals surface area contributed by atoms with Crippen LogP contribution in [0.15, 0.2) is 36.7 Å². The molecule has 8 nitrogen and oxygen atoms in total. The summed E-state index contributed by atoms with van der Waals surface area (Å²) in [4.78, 5) is 33.5. The Labute approximate surface area is 183 Å². The lowest BCUT2D eigenvalue weighted by atomic mass is 10.0. The minimum absolute atomic E-state index is 0.0109. The number of piperidine rings is 1. The number of nitrogens with zero attached hydrogens (tertiary/aromatic N) is 4.